The molecule has 1 atom stereocenters. The van der Waals surface area contributed by atoms with Crippen molar-refractivity contribution in [3.05, 3.63) is 58.7 Å². The van der Waals surface area contributed by atoms with Crippen molar-refractivity contribution in [1.29, 1.82) is 5.26 Å². The lowest BCUT2D eigenvalue weighted by atomic mass is 9.99. The predicted octanol–water partition coefficient (Wildman–Crippen LogP) is 3.87. The van der Waals surface area contributed by atoms with Gasteiger partial charge in [-0.1, -0.05) is 36.4 Å². The number of aryl methyl sites for hydroxylation is 3. The third kappa shape index (κ3) is 7.21. The van der Waals surface area contributed by atoms with Crippen molar-refractivity contribution in [1.82, 2.24) is 10.2 Å². The molecule has 3 N–H and O–H groups in total. The summed E-state index contributed by atoms with van der Waals surface area (Å²) < 4.78 is 5.16. The van der Waals surface area contributed by atoms with E-state index in [0.29, 0.717) is 11.3 Å². The number of nitrogens with zero attached hydrogens (tertiary/aromatic N) is 2. The Morgan fingerprint density at radius 2 is 1.63 bits per heavy atom. The van der Waals surface area contributed by atoms with E-state index in [1.807, 2.05) is 38.1 Å². The summed E-state index contributed by atoms with van der Waals surface area (Å²) in [6.45, 7) is 9.44. The van der Waals surface area contributed by atoms with Crippen molar-refractivity contribution in [3.8, 4) is 11.8 Å². The van der Waals surface area contributed by atoms with E-state index in [2.05, 4.69) is 10.6 Å². The second kappa shape index (κ2) is 11.4. The van der Waals surface area contributed by atoms with Gasteiger partial charge in [-0.05, 0) is 58.2 Å². The molecule has 0 bridgehead atoms. The van der Waals surface area contributed by atoms with E-state index >= 15 is 0 Å². The van der Waals surface area contributed by atoms with Gasteiger partial charge in [0.2, 0.25) is 5.91 Å². The molecule has 2 aromatic rings. The number of para-hydroxylation sites is 2. The van der Waals surface area contributed by atoms with E-state index in [1.165, 1.54) is 6.07 Å². The third-order valence-electron chi connectivity index (χ3n) is 5.20. The molecular formula is C26H32N4O5. The van der Waals surface area contributed by atoms with Crippen LogP contribution in [0.3, 0.4) is 0 Å². The first-order chi connectivity index (χ1) is 16.4. The fourth-order valence-electron chi connectivity index (χ4n) is 3.52. The number of carbonyl (C=O) groups is 3. The van der Waals surface area contributed by atoms with Crippen LogP contribution in [-0.2, 0) is 14.3 Å². The number of carbonyl (C=O) groups excluding carboxylic acids is 3. The fraction of sp³-hybridized carbons (Fsp3) is 0.385. The van der Waals surface area contributed by atoms with E-state index in [4.69, 9.17) is 4.74 Å². The molecule has 0 heterocycles. The Hall–Kier alpha value is -4.06. The maximum atomic E-state index is 13.6. The van der Waals surface area contributed by atoms with E-state index in [0.717, 1.165) is 16.0 Å². The molecule has 0 radical (unpaired) electrons. The van der Waals surface area contributed by atoms with Crippen LogP contribution < -0.4 is 10.6 Å². The number of alkyl carbamates (subject to hydrolysis) is 1. The molecule has 0 aliphatic rings. The highest BCUT2D eigenvalue weighted by atomic mass is 16.6. The molecule has 0 saturated carbocycles. The molecule has 1 unspecified atom stereocenters. The van der Waals surface area contributed by atoms with Crippen LogP contribution in [0.1, 0.15) is 49.1 Å². The van der Waals surface area contributed by atoms with Crippen molar-refractivity contribution < 1.29 is 24.2 Å². The van der Waals surface area contributed by atoms with Gasteiger partial charge in [0.05, 0.1) is 6.07 Å². The van der Waals surface area contributed by atoms with Crippen LogP contribution in [0.4, 0.5) is 10.5 Å². The number of hydrogen-bond acceptors (Lipinski definition) is 6. The Labute approximate surface area is 205 Å². The first-order valence-corrected chi connectivity index (χ1v) is 11.1. The molecule has 2 rings (SSSR count). The zero-order chi connectivity index (χ0) is 26.3. The second-order valence-electron chi connectivity index (χ2n) is 9.21. The van der Waals surface area contributed by atoms with Crippen LogP contribution in [0.2, 0.25) is 0 Å². The summed E-state index contributed by atoms with van der Waals surface area (Å²) in [7, 11) is 0. The number of nitrogens with one attached hydrogen (secondary N) is 2. The van der Waals surface area contributed by atoms with E-state index in [-0.39, 0.29) is 11.3 Å². The highest BCUT2D eigenvalue weighted by molar-refractivity contribution is 5.99. The fourth-order valence-corrected chi connectivity index (χ4v) is 3.52. The third-order valence-corrected chi connectivity index (χ3v) is 5.20. The van der Waals surface area contributed by atoms with E-state index in [9.17, 15) is 24.8 Å². The zero-order valence-electron chi connectivity index (χ0n) is 20.9. The molecule has 0 fully saturated rings. The smallest absolute Gasteiger partial charge is 0.408 e. The number of hydrogen-bond donors (Lipinski definition) is 3. The van der Waals surface area contributed by atoms with Gasteiger partial charge < -0.3 is 25.4 Å². The van der Waals surface area contributed by atoms with E-state index in [1.54, 1.807) is 39.8 Å². The van der Waals surface area contributed by atoms with Crippen LogP contribution in [0.15, 0.2) is 36.4 Å². The highest BCUT2D eigenvalue weighted by Gasteiger charge is 2.34. The van der Waals surface area contributed by atoms with Gasteiger partial charge in [0.1, 0.15) is 30.5 Å². The van der Waals surface area contributed by atoms with Crippen molar-refractivity contribution in [3.63, 3.8) is 0 Å². The van der Waals surface area contributed by atoms with Crippen molar-refractivity contribution in [2.75, 3.05) is 18.4 Å². The quantitative estimate of drug-likeness (QED) is 0.516. The molecule has 0 aromatic heterocycles. The lowest BCUT2D eigenvalue weighted by Crippen LogP contribution is -2.46. The van der Waals surface area contributed by atoms with Gasteiger partial charge >= 0.3 is 6.09 Å². The molecule has 0 saturated heterocycles. The van der Waals surface area contributed by atoms with Crippen molar-refractivity contribution >= 4 is 23.6 Å². The molecule has 3 amide bonds. The summed E-state index contributed by atoms with van der Waals surface area (Å²) in [5, 5.41) is 25.4. The lowest BCUT2D eigenvalue weighted by molar-refractivity contribution is -0.137. The summed E-state index contributed by atoms with van der Waals surface area (Å²) in [5.41, 5.74) is 2.11. The van der Waals surface area contributed by atoms with Gasteiger partial charge in [0.25, 0.3) is 5.91 Å². The number of aromatic hydroxyl groups is 1. The summed E-state index contributed by atoms with van der Waals surface area (Å²) in [5.74, 6) is -1.46. The largest absolute Gasteiger partial charge is 0.507 e. The maximum Gasteiger partial charge on any atom is 0.408 e. The topological polar surface area (TPSA) is 132 Å². The number of phenols is 1. The van der Waals surface area contributed by atoms with Crippen LogP contribution in [-0.4, -0.2) is 46.6 Å². The molecular weight excluding hydrogens is 448 g/mol. The Morgan fingerprint density at radius 3 is 2.20 bits per heavy atom. The van der Waals surface area contributed by atoms with E-state index < -0.39 is 42.6 Å². The van der Waals surface area contributed by atoms with Crippen LogP contribution in [0.5, 0.6) is 5.75 Å². The normalized spacial score (nSPS) is 11.7. The maximum absolute atomic E-state index is 13.6. The predicted molar refractivity (Wildman–Crippen MR) is 132 cm³/mol. The highest BCUT2D eigenvalue weighted by Crippen LogP contribution is 2.33. The second-order valence-corrected chi connectivity index (χ2v) is 9.21. The molecule has 9 nitrogen and oxygen atoms in total. The molecule has 186 valence electrons. The summed E-state index contributed by atoms with van der Waals surface area (Å²) in [6.07, 6.45) is -0.808. The zero-order valence-corrected chi connectivity index (χ0v) is 20.9. The monoisotopic (exact) mass is 480 g/mol. The first kappa shape index (κ1) is 27.2. The Morgan fingerprint density at radius 1 is 1.06 bits per heavy atom. The van der Waals surface area contributed by atoms with Gasteiger partial charge in [0.15, 0.2) is 0 Å². The Kier molecular flexibility index (Phi) is 8.84. The number of rotatable bonds is 7. The number of anilines is 1. The van der Waals surface area contributed by atoms with Crippen LogP contribution in [0.25, 0.3) is 0 Å². The number of phenolic OH excluding ortho intramolecular Hbond substituents is 1. The standard InChI is InChI=1S/C26H32N4O5/c1-16-9-7-10-17(2)21(16)29-24(33)22(19-12-8-11-18(3)23(19)32)30(14-13-27)20(31)15-28-25(34)35-26(4,5)6/h7-12,22,32H,14-15H2,1-6H3,(H,28,34)(H,29,33). The van der Waals surface area contributed by atoms with Gasteiger partial charge in [0, 0.05) is 11.3 Å². The SMILES string of the molecule is Cc1cccc(C(C(=O)Nc2c(C)cccc2C)N(CC#N)C(=O)CNC(=O)OC(C)(C)C)c1O. The molecule has 35 heavy (non-hydrogen) atoms. The Bertz CT molecular complexity index is 1130. The average molecular weight is 481 g/mol. The van der Waals surface area contributed by atoms with Crippen molar-refractivity contribution in [2.45, 2.75) is 53.2 Å². The lowest BCUT2D eigenvalue weighted by Gasteiger charge is -2.30. The van der Waals surface area contributed by atoms with Crippen LogP contribution in [0, 0.1) is 32.1 Å². The van der Waals surface area contributed by atoms with Gasteiger partial charge in [-0.25, -0.2) is 4.79 Å². The number of amides is 3. The average Bonchev–Trinajstić information content (AvgIpc) is 2.76. The summed E-state index contributed by atoms with van der Waals surface area (Å²) >= 11 is 0. The minimum absolute atomic E-state index is 0.162. The Balaban J connectivity index is 2.45. The first-order valence-electron chi connectivity index (χ1n) is 11.1. The van der Waals surface area contributed by atoms with Gasteiger partial charge in [-0.15, -0.1) is 0 Å². The molecule has 9 heteroatoms. The minimum atomic E-state index is -1.33. The number of nitriles is 1. The summed E-state index contributed by atoms with van der Waals surface area (Å²) in [6, 6.07) is 10.9. The molecule has 0 aliphatic heterocycles. The molecule has 0 aliphatic carbocycles. The summed E-state index contributed by atoms with van der Waals surface area (Å²) in [4.78, 5) is 39.8. The number of benzene rings is 2. The number of ether oxygens (including phenoxy) is 1. The molecule has 2 aromatic carbocycles. The van der Waals surface area contributed by atoms with Crippen LogP contribution >= 0.6 is 0 Å². The van der Waals surface area contributed by atoms with Gasteiger partial charge in [-0.2, -0.15) is 5.26 Å². The molecule has 0 spiro atoms. The minimum Gasteiger partial charge on any atom is -0.507 e. The van der Waals surface area contributed by atoms with Gasteiger partial charge in [-0.3, -0.25) is 9.59 Å². The van der Waals surface area contributed by atoms with Crippen molar-refractivity contribution in [2.24, 2.45) is 0 Å².